The van der Waals surface area contributed by atoms with Crippen LogP contribution in [-0.4, -0.2) is 18.1 Å². The van der Waals surface area contributed by atoms with E-state index < -0.39 is 23.9 Å². The van der Waals surface area contributed by atoms with Crippen LogP contribution in [0.25, 0.3) is 0 Å². The average molecular weight is 396 g/mol. The second kappa shape index (κ2) is 5.55. The Bertz CT molecular complexity index is 553. The van der Waals surface area contributed by atoms with E-state index in [1.54, 1.807) is 0 Å². The maximum Gasteiger partial charge on any atom is 0.573 e. The zero-order valence-electron chi connectivity index (χ0n) is 10.6. The zero-order chi connectivity index (χ0) is 14.4. The first-order valence-electron chi connectivity index (χ1n) is 6.19. The summed E-state index contributed by atoms with van der Waals surface area (Å²) in [4.78, 5) is 11.9. The van der Waals surface area contributed by atoms with Crippen LogP contribution < -0.4 is 9.47 Å². The van der Waals surface area contributed by atoms with Gasteiger partial charge in [0, 0.05) is 35.2 Å². The van der Waals surface area contributed by atoms with E-state index in [1.165, 1.54) is 6.07 Å². The number of ether oxygens (including phenoxy) is 3. The van der Waals surface area contributed by atoms with Gasteiger partial charge in [-0.25, -0.2) is 4.79 Å². The number of carbonyl (C=O) groups excluding carboxylic acids is 1. The number of alkyl halides is 3. The molecule has 1 fully saturated rings. The minimum Gasteiger partial charge on any atom is -0.451 e. The molecule has 119 valence electrons. The molecule has 2 aliphatic rings. The van der Waals surface area contributed by atoms with Crippen molar-refractivity contribution in [2.45, 2.75) is 37.8 Å². The van der Waals surface area contributed by atoms with Gasteiger partial charge >= 0.3 is 12.3 Å². The van der Waals surface area contributed by atoms with Crippen molar-refractivity contribution in [3.05, 3.63) is 23.8 Å². The van der Waals surface area contributed by atoms with Crippen LogP contribution in [0.2, 0.25) is 0 Å². The maximum absolute atomic E-state index is 12.1. The van der Waals surface area contributed by atoms with E-state index in [1.807, 2.05) is 0 Å². The van der Waals surface area contributed by atoms with Gasteiger partial charge in [-0.1, -0.05) is 0 Å². The molecular formula is C13H11AgF3O4. The van der Waals surface area contributed by atoms with Crippen LogP contribution in [0.5, 0.6) is 11.5 Å². The first-order valence-corrected chi connectivity index (χ1v) is 6.19. The van der Waals surface area contributed by atoms with Crippen molar-refractivity contribution in [3.63, 3.8) is 0 Å². The van der Waals surface area contributed by atoms with Crippen LogP contribution in [0.3, 0.4) is 0 Å². The van der Waals surface area contributed by atoms with Gasteiger partial charge in [-0.15, -0.1) is 13.2 Å². The molecule has 0 saturated heterocycles. The molecule has 1 spiro atoms. The Morgan fingerprint density at radius 1 is 1.14 bits per heavy atom. The van der Waals surface area contributed by atoms with Crippen molar-refractivity contribution < 1.29 is 54.6 Å². The van der Waals surface area contributed by atoms with E-state index in [2.05, 4.69) is 4.74 Å². The summed E-state index contributed by atoms with van der Waals surface area (Å²) in [7, 11) is 0. The number of carbonyl (C=O) groups is 1. The summed E-state index contributed by atoms with van der Waals surface area (Å²) in [6.45, 7) is 0. The van der Waals surface area contributed by atoms with Crippen LogP contribution >= 0.6 is 0 Å². The van der Waals surface area contributed by atoms with Crippen LogP contribution in [0.4, 0.5) is 13.2 Å². The van der Waals surface area contributed by atoms with Gasteiger partial charge in [0.1, 0.15) is 17.1 Å². The summed E-state index contributed by atoms with van der Waals surface area (Å²) >= 11 is 0. The molecule has 0 N–H and O–H groups in total. The molecule has 0 atom stereocenters. The molecule has 21 heavy (non-hydrogen) atoms. The Kier molecular flexibility index (Phi) is 4.28. The van der Waals surface area contributed by atoms with Gasteiger partial charge in [0.2, 0.25) is 0 Å². The van der Waals surface area contributed by atoms with Gasteiger partial charge in [-0.2, -0.15) is 0 Å². The normalized spacial score (nSPS) is 19.3. The van der Waals surface area contributed by atoms with E-state index in [0.29, 0.717) is 12.8 Å². The Balaban J connectivity index is 0.00000161. The smallest absolute Gasteiger partial charge is 0.451 e. The van der Waals surface area contributed by atoms with Crippen molar-refractivity contribution in [1.29, 1.82) is 0 Å². The first-order chi connectivity index (χ1) is 9.37. The summed E-state index contributed by atoms with van der Waals surface area (Å²) in [6, 6.07) is 3.40. The number of hydrogen-bond acceptors (Lipinski definition) is 4. The fraction of sp³-hybridized carbons (Fsp3) is 0.462. The van der Waals surface area contributed by atoms with Gasteiger partial charge in [0.05, 0.1) is 0 Å². The molecule has 4 nitrogen and oxygen atoms in total. The van der Waals surface area contributed by atoms with Crippen LogP contribution in [0.1, 0.15) is 36.0 Å². The summed E-state index contributed by atoms with van der Waals surface area (Å²) in [6.07, 6.45) is -1.84. The molecule has 0 aromatic heterocycles. The molecule has 8 heteroatoms. The zero-order valence-corrected chi connectivity index (χ0v) is 12.1. The third-order valence-electron chi connectivity index (χ3n) is 3.34. The Morgan fingerprint density at radius 2 is 1.81 bits per heavy atom. The molecule has 1 aromatic rings. The Labute approximate surface area is 134 Å². The van der Waals surface area contributed by atoms with Crippen molar-refractivity contribution in [2.75, 3.05) is 0 Å². The molecule has 0 bridgehead atoms. The predicted molar refractivity (Wildman–Crippen MR) is 60.4 cm³/mol. The fourth-order valence-corrected chi connectivity index (χ4v) is 2.52. The number of halogens is 3. The van der Waals surface area contributed by atoms with E-state index in [4.69, 9.17) is 9.47 Å². The summed E-state index contributed by atoms with van der Waals surface area (Å²) in [5.41, 5.74) is -0.0516. The number of fused-ring (bicyclic) bond motifs is 1. The van der Waals surface area contributed by atoms with Crippen molar-refractivity contribution >= 4 is 5.97 Å². The predicted octanol–water partition coefficient (Wildman–Crippen LogP) is 3.40. The molecule has 0 amide bonds. The van der Waals surface area contributed by atoms with Gasteiger partial charge < -0.3 is 14.2 Å². The number of rotatable bonds is 1. The molecule has 3 rings (SSSR count). The second-order valence-corrected chi connectivity index (χ2v) is 4.82. The fourth-order valence-electron chi connectivity index (χ4n) is 2.52. The largest absolute Gasteiger partial charge is 0.573 e. The molecule has 1 radical (unpaired) electrons. The Morgan fingerprint density at radius 3 is 2.43 bits per heavy atom. The molecule has 1 saturated carbocycles. The number of benzene rings is 1. The van der Waals surface area contributed by atoms with Gasteiger partial charge in [-0.3, -0.25) is 0 Å². The number of esters is 1. The summed E-state index contributed by atoms with van der Waals surface area (Å²) < 4.78 is 51.1. The van der Waals surface area contributed by atoms with Crippen molar-refractivity contribution in [3.8, 4) is 11.5 Å². The minimum atomic E-state index is -4.81. The molecule has 1 heterocycles. The van der Waals surface area contributed by atoms with E-state index in [-0.39, 0.29) is 33.7 Å². The average Bonchev–Trinajstić information content (AvgIpc) is 2.76. The second-order valence-electron chi connectivity index (χ2n) is 4.82. The van der Waals surface area contributed by atoms with E-state index in [9.17, 15) is 18.0 Å². The Hall–Kier alpha value is -1.18. The summed E-state index contributed by atoms with van der Waals surface area (Å²) in [5.74, 6) is -1.87. The topological polar surface area (TPSA) is 44.8 Å². The number of hydrogen-bond donors (Lipinski definition) is 0. The van der Waals surface area contributed by atoms with Crippen LogP contribution in [0.15, 0.2) is 18.2 Å². The standard InChI is InChI=1S/C13H11F3O4.Ag/c14-13(15,16)18-8-3-4-10-9(7-8)11(17)20-12(19-10)5-1-2-6-12;/h3-4,7H,1-2,5-6H2;. The van der Waals surface area contributed by atoms with Gasteiger partial charge in [0.15, 0.2) is 0 Å². The third kappa shape index (κ3) is 3.36. The van der Waals surface area contributed by atoms with E-state index >= 15 is 0 Å². The maximum atomic E-state index is 12.1. The van der Waals surface area contributed by atoms with Crippen molar-refractivity contribution in [1.82, 2.24) is 0 Å². The monoisotopic (exact) mass is 395 g/mol. The third-order valence-corrected chi connectivity index (χ3v) is 3.34. The minimum absolute atomic E-state index is 0. The summed E-state index contributed by atoms with van der Waals surface area (Å²) in [5, 5.41) is 0. The first kappa shape index (κ1) is 16.2. The van der Waals surface area contributed by atoms with Crippen LogP contribution in [-0.2, 0) is 27.1 Å². The molecule has 1 aromatic carbocycles. The van der Waals surface area contributed by atoms with Crippen LogP contribution in [0, 0.1) is 0 Å². The quantitative estimate of drug-likeness (QED) is 0.540. The molecular weight excluding hydrogens is 385 g/mol. The van der Waals surface area contributed by atoms with Crippen molar-refractivity contribution in [2.24, 2.45) is 0 Å². The van der Waals surface area contributed by atoms with E-state index in [0.717, 1.165) is 25.0 Å². The molecule has 0 unspecified atom stereocenters. The molecule has 1 aliphatic heterocycles. The SMILES string of the molecule is O=C1OC2(CCCC2)Oc2ccc(OC(F)(F)F)cc21.[Ag]. The van der Waals surface area contributed by atoms with Gasteiger partial charge in [0.25, 0.3) is 5.79 Å². The molecule has 1 aliphatic carbocycles. The van der Waals surface area contributed by atoms with Gasteiger partial charge in [-0.05, 0) is 31.0 Å².